The number of aliphatic hydroxyl groups excluding tert-OH is 1. The minimum atomic E-state index is -1.39. The first kappa shape index (κ1) is 51.0. The molecule has 2 atom stereocenters. The van der Waals surface area contributed by atoms with Crippen LogP contribution in [0.3, 0.4) is 0 Å². The van der Waals surface area contributed by atoms with Crippen LogP contribution < -0.4 is 10.6 Å². The molecule has 0 heterocycles. The van der Waals surface area contributed by atoms with E-state index >= 15 is 0 Å². The first-order valence-electron chi connectivity index (χ1n) is 21.0. The van der Waals surface area contributed by atoms with Gasteiger partial charge in [0, 0.05) is 12.8 Å². The summed E-state index contributed by atoms with van der Waals surface area (Å²) in [5.41, 5.74) is 0. The molecule has 0 aliphatic heterocycles. The van der Waals surface area contributed by atoms with E-state index in [4.69, 9.17) is 14.9 Å². The normalized spacial score (nSPS) is 13.4. The van der Waals surface area contributed by atoms with Crippen molar-refractivity contribution in [1.29, 1.82) is 0 Å². The Bertz CT molecular complexity index is 1200. The van der Waals surface area contributed by atoms with Crippen LogP contribution in [0.15, 0.2) is 85.1 Å². The molecule has 9 heteroatoms. The maximum atomic E-state index is 12.6. The zero-order chi connectivity index (χ0) is 40.5. The van der Waals surface area contributed by atoms with E-state index in [-0.39, 0.29) is 30.9 Å². The average molecular weight is 767 g/mol. The van der Waals surface area contributed by atoms with Gasteiger partial charge < -0.3 is 25.6 Å². The number of carboxylic acids is 1. The predicted molar refractivity (Wildman–Crippen MR) is 226 cm³/mol. The van der Waals surface area contributed by atoms with Crippen LogP contribution >= 0.6 is 0 Å². The molecule has 0 aromatic rings. The van der Waals surface area contributed by atoms with Crippen LogP contribution in [0.4, 0.5) is 0 Å². The molecule has 0 aliphatic rings. The molecule has 0 bridgehead atoms. The molecule has 0 aromatic heterocycles. The van der Waals surface area contributed by atoms with Gasteiger partial charge >= 0.3 is 11.9 Å². The number of aliphatic carboxylic acids is 1. The van der Waals surface area contributed by atoms with Crippen molar-refractivity contribution in [2.75, 3.05) is 13.2 Å². The Morgan fingerprint density at radius 1 is 0.582 bits per heavy atom. The van der Waals surface area contributed by atoms with Gasteiger partial charge in [-0.05, 0) is 96.0 Å². The van der Waals surface area contributed by atoms with Gasteiger partial charge in [-0.25, -0.2) is 4.79 Å². The fourth-order valence-electron chi connectivity index (χ4n) is 5.39. The van der Waals surface area contributed by atoms with Crippen molar-refractivity contribution in [3.8, 4) is 0 Å². The van der Waals surface area contributed by atoms with Crippen LogP contribution in [-0.4, -0.2) is 59.3 Å². The largest absolute Gasteiger partial charge is 0.480 e. The summed E-state index contributed by atoms with van der Waals surface area (Å²) in [5.74, 6) is -2.45. The number of carbonyl (C=O) groups is 4. The lowest BCUT2D eigenvalue weighted by atomic mass is 10.1. The Morgan fingerprint density at radius 3 is 1.65 bits per heavy atom. The molecule has 310 valence electrons. The number of aliphatic hydroxyl groups is 1. The average Bonchev–Trinajstić information content (AvgIpc) is 3.17. The topological polar surface area (TPSA) is 142 Å². The van der Waals surface area contributed by atoms with Crippen LogP contribution in [0.25, 0.3) is 0 Å². The number of ether oxygens (including phenoxy) is 1. The quantitative estimate of drug-likeness (QED) is 0.0283. The van der Waals surface area contributed by atoms with Crippen molar-refractivity contribution < 1.29 is 34.1 Å². The van der Waals surface area contributed by atoms with Crippen LogP contribution in [-0.2, 0) is 23.9 Å². The Balaban J connectivity index is 4.13. The summed E-state index contributed by atoms with van der Waals surface area (Å²) < 4.78 is 5.85. The van der Waals surface area contributed by atoms with Gasteiger partial charge in [0.2, 0.25) is 11.8 Å². The van der Waals surface area contributed by atoms with Crippen molar-refractivity contribution in [2.24, 2.45) is 0 Å². The summed E-state index contributed by atoms with van der Waals surface area (Å²) in [6.07, 6.45) is 50.7. The molecule has 9 nitrogen and oxygen atoms in total. The van der Waals surface area contributed by atoms with E-state index in [1.165, 1.54) is 6.42 Å². The standard InChI is InChI=1S/C46H74N2O7/c1-3-5-7-9-10-11-12-13-14-15-16-17-18-19-20-21-22-23-24-25-26-28-34-38-45(52)55-41(35-31-27-8-6-4-2)36-32-29-30-33-37-43(50)47-39-44(51)48-42(40-49)46(53)54/h5,7,10-11,13-14,16-17,19-20,22-23,31,35,41-42,49H,3-4,6,8-9,12,15,18,21,24-30,32-34,36-40H2,1-2H3,(H,47,50)(H,48,51)(H,53,54)/b7-5-,11-10-,14-13-,17-16-,20-19-,23-22-,35-31-. The van der Waals surface area contributed by atoms with Crippen molar-refractivity contribution in [3.05, 3.63) is 85.1 Å². The van der Waals surface area contributed by atoms with E-state index in [9.17, 15) is 19.2 Å². The lowest BCUT2D eigenvalue weighted by Crippen LogP contribution is -2.47. The van der Waals surface area contributed by atoms with Gasteiger partial charge in [0.1, 0.15) is 12.1 Å². The van der Waals surface area contributed by atoms with Crippen LogP contribution in [0.5, 0.6) is 0 Å². The summed E-state index contributed by atoms with van der Waals surface area (Å²) in [6.45, 7) is 3.26. The smallest absolute Gasteiger partial charge is 0.328 e. The van der Waals surface area contributed by atoms with Gasteiger partial charge in [-0.1, -0.05) is 131 Å². The van der Waals surface area contributed by atoms with Crippen LogP contribution in [0.2, 0.25) is 0 Å². The number of carbonyl (C=O) groups excluding carboxylic acids is 3. The molecule has 4 N–H and O–H groups in total. The number of rotatable bonds is 36. The molecule has 0 saturated carbocycles. The van der Waals surface area contributed by atoms with Gasteiger partial charge in [-0.2, -0.15) is 0 Å². The molecule has 2 amide bonds. The highest BCUT2D eigenvalue weighted by molar-refractivity contribution is 5.87. The monoisotopic (exact) mass is 767 g/mol. The Morgan fingerprint density at radius 2 is 1.09 bits per heavy atom. The first-order valence-corrected chi connectivity index (χ1v) is 21.0. The first-order chi connectivity index (χ1) is 26.8. The summed E-state index contributed by atoms with van der Waals surface area (Å²) in [4.78, 5) is 47.3. The number of amides is 2. The van der Waals surface area contributed by atoms with Gasteiger partial charge in [-0.3, -0.25) is 14.4 Å². The highest BCUT2D eigenvalue weighted by atomic mass is 16.5. The maximum absolute atomic E-state index is 12.6. The van der Waals surface area contributed by atoms with E-state index in [0.29, 0.717) is 12.8 Å². The number of allylic oxidation sites excluding steroid dienone is 13. The van der Waals surface area contributed by atoms with Crippen LogP contribution in [0.1, 0.15) is 155 Å². The van der Waals surface area contributed by atoms with Crippen LogP contribution in [0, 0.1) is 0 Å². The summed E-state index contributed by atoms with van der Waals surface area (Å²) >= 11 is 0. The summed E-state index contributed by atoms with van der Waals surface area (Å²) in [5, 5.41) is 22.5. The van der Waals surface area contributed by atoms with E-state index in [1.54, 1.807) is 0 Å². The minimum Gasteiger partial charge on any atom is -0.480 e. The number of hydrogen-bond acceptors (Lipinski definition) is 6. The number of hydrogen-bond donors (Lipinski definition) is 4. The number of unbranched alkanes of at least 4 members (excludes halogenated alkanes) is 10. The van der Waals surface area contributed by atoms with E-state index < -0.39 is 24.5 Å². The van der Waals surface area contributed by atoms with Crippen molar-refractivity contribution in [1.82, 2.24) is 10.6 Å². The van der Waals surface area contributed by atoms with Gasteiger partial charge in [0.25, 0.3) is 0 Å². The molecule has 0 radical (unpaired) electrons. The molecule has 0 aromatic carbocycles. The zero-order valence-corrected chi connectivity index (χ0v) is 34.1. The maximum Gasteiger partial charge on any atom is 0.328 e. The highest BCUT2D eigenvalue weighted by Crippen LogP contribution is 2.14. The zero-order valence-electron chi connectivity index (χ0n) is 34.1. The van der Waals surface area contributed by atoms with Gasteiger partial charge in [0.05, 0.1) is 13.2 Å². The SMILES string of the molecule is CC/C=C\C/C=C\C/C=C\C/C=C\C/C=C\C/C=C\CCCCCCC(=O)OC(/C=C\CCCCC)CCCCCCC(=O)NCC(=O)NC(CO)C(=O)O. The lowest BCUT2D eigenvalue weighted by Gasteiger charge is -2.15. The van der Waals surface area contributed by atoms with Crippen molar-refractivity contribution in [2.45, 2.75) is 167 Å². The number of nitrogens with one attached hydrogen (secondary N) is 2. The molecular formula is C46H74N2O7. The molecule has 0 rings (SSSR count). The summed E-state index contributed by atoms with van der Waals surface area (Å²) in [6, 6.07) is -1.39. The minimum absolute atomic E-state index is 0.144. The fourth-order valence-corrected chi connectivity index (χ4v) is 5.39. The molecule has 0 fully saturated rings. The number of esters is 1. The fraction of sp³-hybridized carbons (Fsp3) is 0.609. The number of carboxylic acid groups (broad SMARTS) is 1. The predicted octanol–water partition coefficient (Wildman–Crippen LogP) is 10.1. The third-order valence-corrected chi connectivity index (χ3v) is 8.61. The molecule has 2 unspecified atom stereocenters. The van der Waals surface area contributed by atoms with Gasteiger partial charge in [0.15, 0.2) is 0 Å². The lowest BCUT2D eigenvalue weighted by molar-refractivity contribution is -0.147. The highest BCUT2D eigenvalue weighted by Gasteiger charge is 2.18. The second-order valence-electron chi connectivity index (χ2n) is 13.7. The molecule has 0 saturated heterocycles. The Kier molecular flexibility index (Phi) is 36.8. The van der Waals surface area contributed by atoms with Crippen molar-refractivity contribution >= 4 is 23.8 Å². The molecule has 0 spiro atoms. The van der Waals surface area contributed by atoms with E-state index in [2.05, 4.69) is 103 Å². The second-order valence-corrected chi connectivity index (χ2v) is 13.7. The molecule has 55 heavy (non-hydrogen) atoms. The Labute approximate surface area is 333 Å². The van der Waals surface area contributed by atoms with E-state index in [1.807, 2.05) is 6.08 Å². The third kappa shape index (κ3) is 36.8. The molecule has 0 aliphatic carbocycles. The Hall–Kier alpha value is -3.98. The summed E-state index contributed by atoms with van der Waals surface area (Å²) in [7, 11) is 0. The second kappa shape index (κ2) is 39.7. The van der Waals surface area contributed by atoms with Crippen molar-refractivity contribution in [3.63, 3.8) is 0 Å². The van der Waals surface area contributed by atoms with Gasteiger partial charge in [-0.15, -0.1) is 0 Å². The molecular weight excluding hydrogens is 693 g/mol. The van der Waals surface area contributed by atoms with E-state index in [0.717, 1.165) is 116 Å². The third-order valence-electron chi connectivity index (χ3n) is 8.61.